The molecule has 0 aliphatic carbocycles. The lowest BCUT2D eigenvalue weighted by molar-refractivity contribution is -0.132. The van der Waals surface area contributed by atoms with Crippen LogP contribution in [0.2, 0.25) is 0 Å². The minimum absolute atomic E-state index is 0.139. The van der Waals surface area contributed by atoms with Crippen molar-refractivity contribution in [2.24, 2.45) is 0 Å². The molecule has 0 aromatic heterocycles. The van der Waals surface area contributed by atoms with Crippen molar-refractivity contribution in [3.8, 4) is 5.75 Å². The van der Waals surface area contributed by atoms with Gasteiger partial charge in [-0.15, -0.1) is 0 Å². The summed E-state index contributed by atoms with van der Waals surface area (Å²) in [6.07, 6.45) is 1.37. The molecule has 1 fully saturated rings. The second kappa shape index (κ2) is 8.50. The van der Waals surface area contributed by atoms with E-state index in [1.54, 1.807) is 28.0 Å². The number of amides is 3. The van der Waals surface area contributed by atoms with Gasteiger partial charge in [-0.1, -0.05) is 6.92 Å². The number of nitrogens with zero attached hydrogens (tertiary/aromatic N) is 2. The first kappa shape index (κ1) is 18.8. The average Bonchev–Trinajstić information content (AvgIpc) is 2.61. The Hall–Kier alpha value is -2.57. The molecule has 7 heteroatoms. The summed E-state index contributed by atoms with van der Waals surface area (Å²) >= 11 is 0. The van der Waals surface area contributed by atoms with Gasteiger partial charge in [-0.25, -0.2) is 0 Å². The van der Waals surface area contributed by atoms with Gasteiger partial charge in [-0.05, 0) is 24.6 Å². The van der Waals surface area contributed by atoms with E-state index < -0.39 is 0 Å². The van der Waals surface area contributed by atoms with Gasteiger partial charge in [0.15, 0.2) is 0 Å². The van der Waals surface area contributed by atoms with Gasteiger partial charge in [0.25, 0.3) is 5.91 Å². The third-order valence-electron chi connectivity index (χ3n) is 4.13. The van der Waals surface area contributed by atoms with Crippen LogP contribution in [0.4, 0.5) is 5.69 Å². The monoisotopic (exact) mass is 347 g/mol. The molecule has 1 aliphatic rings. The van der Waals surface area contributed by atoms with Crippen LogP contribution in [0, 0.1) is 0 Å². The van der Waals surface area contributed by atoms with Crippen LogP contribution >= 0.6 is 0 Å². The van der Waals surface area contributed by atoms with Crippen molar-refractivity contribution in [3.05, 3.63) is 23.8 Å². The first-order chi connectivity index (χ1) is 12.0. The number of carbonyl (C=O) groups is 3. The highest BCUT2D eigenvalue weighted by molar-refractivity contribution is 5.99. The van der Waals surface area contributed by atoms with E-state index >= 15 is 0 Å². The molecule has 136 valence electrons. The van der Waals surface area contributed by atoms with E-state index in [4.69, 9.17) is 4.74 Å². The second-order valence-corrected chi connectivity index (χ2v) is 6.02. The van der Waals surface area contributed by atoms with E-state index in [9.17, 15) is 14.4 Å². The van der Waals surface area contributed by atoms with Crippen LogP contribution < -0.4 is 10.1 Å². The first-order valence-corrected chi connectivity index (χ1v) is 8.49. The normalized spacial score (nSPS) is 14.2. The SMILES string of the molecule is CCCC(=O)N1CCN(C(=O)c2cc(NC(C)=O)ccc2OC)CC1. The summed E-state index contributed by atoms with van der Waals surface area (Å²) in [6, 6.07) is 4.98. The van der Waals surface area contributed by atoms with Crippen LogP contribution in [-0.4, -0.2) is 60.8 Å². The van der Waals surface area contributed by atoms with E-state index in [1.165, 1.54) is 14.0 Å². The minimum atomic E-state index is -0.202. The molecule has 0 radical (unpaired) electrons. The van der Waals surface area contributed by atoms with Crippen LogP contribution in [-0.2, 0) is 9.59 Å². The average molecular weight is 347 g/mol. The Labute approximate surface area is 147 Å². The number of ether oxygens (including phenoxy) is 1. The molecule has 1 N–H and O–H groups in total. The molecule has 1 saturated heterocycles. The van der Waals surface area contributed by atoms with Gasteiger partial charge >= 0.3 is 0 Å². The number of benzene rings is 1. The fourth-order valence-electron chi connectivity index (χ4n) is 2.86. The predicted octanol–water partition coefficient (Wildman–Crippen LogP) is 1.74. The van der Waals surface area contributed by atoms with E-state index in [-0.39, 0.29) is 17.7 Å². The molecule has 1 aromatic rings. The number of rotatable bonds is 5. The maximum absolute atomic E-state index is 12.8. The van der Waals surface area contributed by atoms with Gasteiger partial charge in [0.2, 0.25) is 11.8 Å². The quantitative estimate of drug-likeness (QED) is 0.880. The summed E-state index contributed by atoms with van der Waals surface area (Å²) in [7, 11) is 1.51. The summed E-state index contributed by atoms with van der Waals surface area (Å²) in [4.78, 5) is 39.5. The zero-order chi connectivity index (χ0) is 18.4. The van der Waals surface area contributed by atoms with Crippen molar-refractivity contribution in [2.45, 2.75) is 26.7 Å². The molecule has 0 atom stereocenters. The predicted molar refractivity (Wildman–Crippen MR) is 94.7 cm³/mol. The van der Waals surface area contributed by atoms with E-state index in [0.29, 0.717) is 49.6 Å². The van der Waals surface area contributed by atoms with Gasteiger partial charge in [-0.2, -0.15) is 0 Å². The summed E-state index contributed by atoms with van der Waals surface area (Å²) in [5.41, 5.74) is 0.954. The zero-order valence-electron chi connectivity index (χ0n) is 15.0. The molecule has 0 spiro atoms. The molecule has 2 rings (SSSR count). The number of hydrogen-bond donors (Lipinski definition) is 1. The number of anilines is 1. The van der Waals surface area contributed by atoms with Crippen molar-refractivity contribution >= 4 is 23.4 Å². The van der Waals surface area contributed by atoms with Crippen molar-refractivity contribution < 1.29 is 19.1 Å². The topological polar surface area (TPSA) is 79.0 Å². The molecule has 0 unspecified atom stereocenters. The van der Waals surface area contributed by atoms with Crippen molar-refractivity contribution in [1.82, 2.24) is 9.80 Å². The van der Waals surface area contributed by atoms with Crippen molar-refractivity contribution in [1.29, 1.82) is 0 Å². The first-order valence-electron chi connectivity index (χ1n) is 8.49. The smallest absolute Gasteiger partial charge is 0.257 e. The maximum atomic E-state index is 12.8. The van der Waals surface area contributed by atoms with Crippen molar-refractivity contribution in [2.75, 3.05) is 38.6 Å². The third kappa shape index (κ3) is 4.71. The molecule has 1 heterocycles. The lowest BCUT2D eigenvalue weighted by atomic mass is 10.1. The van der Waals surface area contributed by atoms with Gasteiger partial charge < -0.3 is 19.9 Å². The number of piperazine rings is 1. The Morgan fingerprint density at radius 3 is 2.32 bits per heavy atom. The van der Waals surface area contributed by atoms with E-state index in [1.807, 2.05) is 6.92 Å². The van der Waals surface area contributed by atoms with E-state index in [2.05, 4.69) is 5.32 Å². The van der Waals surface area contributed by atoms with Gasteiger partial charge in [-0.3, -0.25) is 14.4 Å². The highest BCUT2D eigenvalue weighted by Gasteiger charge is 2.26. The number of carbonyl (C=O) groups excluding carboxylic acids is 3. The molecule has 3 amide bonds. The number of methoxy groups -OCH3 is 1. The Morgan fingerprint density at radius 2 is 1.76 bits per heavy atom. The molecule has 1 aromatic carbocycles. The lowest BCUT2D eigenvalue weighted by Crippen LogP contribution is -2.50. The Bertz CT molecular complexity index is 652. The summed E-state index contributed by atoms with van der Waals surface area (Å²) in [6.45, 7) is 5.45. The Morgan fingerprint density at radius 1 is 1.12 bits per heavy atom. The fourth-order valence-corrected chi connectivity index (χ4v) is 2.86. The minimum Gasteiger partial charge on any atom is -0.496 e. The lowest BCUT2D eigenvalue weighted by Gasteiger charge is -2.35. The van der Waals surface area contributed by atoms with Crippen LogP contribution in [0.3, 0.4) is 0 Å². The summed E-state index contributed by atoms with van der Waals surface area (Å²) < 4.78 is 5.28. The molecule has 25 heavy (non-hydrogen) atoms. The fraction of sp³-hybridized carbons (Fsp3) is 0.500. The maximum Gasteiger partial charge on any atom is 0.257 e. The van der Waals surface area contributed by atoms with Gasteiger partial charge in [0, 0.05) is 45.2 Å². The van der Waals surface area contributed by atoms with Crippen LogP contribution in [0.25, 0.3) is 0 Å². The van der Waals surface area contributed by atoms with Crippen LogP contribution in [0.1, 0.15) is 37.0 Å². The highest BCUT2D eigenvalue weighted by Crippen LogP contribution is 2.25. The number of nitrogens with one attached hydrogen (secondary N) is 1. The molecular weight excluding hydrogens is 322 g/mol. The number of hydrogen-bond acceptors (Lipinski definition) is 4. The third-order valence-corrected chi connectivity index (χ3v) is 4.13. The van der Waals surface area contributed by atoms with Gasteiger partial charge in [0.05, 0.1) is 12.7 Å². The molecule has 0 bridgehead atoms. The van der Waals surface area contributed by atoms with Crippen LogP contribution in [0.15, 0.2) is 18.2 Å². The second-order valence-electron chi connectivity index (χ2n) is 6.02. The Balaban J connectivity index is 2.10. The summed E-state index contributed by atoms with van der Waals surface area (Å²) in [5, 5.41) is 2.67. The zero-order valence-corrected chi connectivity index (χ0v) is 15.0. The van der Waals surface area contributed by atoms with Crippen LogP contribution in [0.5, 0.6) is 5.75 Å². The van der Waals surface area contributed by atoms with Crippen molar-refractivity contribution in [3.63, 3.8) is 0 Å². The van der Waals surface area contributed by atoms with E-state index in [0.717, 1.165) is 6.42 Å². The molecule has 7 nitrogen and oxygen atoms in total. The molecule has 1 aliphatic heterocycles. The highest BCUT2D eigenvalue weighted by atomic mass is 16.5. The molecular formula is C18H25N3O4. The summed E-state index contributed by atoms with van der Waals surface area (Å²) in [5.74, 6) is 0.238. The molecule has 0 saturated carbocycles. The Kier molecular flexibility index (Phi) is 6.38. The largest absolute Gasteiger partial charge is 0.496 e. The standard InChI is InChI=1S/C18H25N3O4/c1-4-5-17(23)20-8-10-21(11-9-20)18(24)15-12-14(19-13(2)22)6-7-16(15)25-3/h6-7,12H,4-5,8-11H2,1-3H3,(H,19,22). The van der Waals surface area contributed by atoms with Gasteiger partial charge in [0.1, 0.15) is 5.75 Å².